The molecular formula is C16H21Cl2N3O2S. The molecule has 2 aliphatic rings. The smallest absolute Gasteiger partial charge is 0.243 e. The molecule has 1 aromatic carbocycles. The first-order valence-corrected chi connectivity index (χ1v) is 9.75. The molecule has 0 bridgehead atoms. The van der Waals surface area contributed by atoms with Crippen LogP contribution in [0, 0.1) is 17.2 Å². The average molecular weight is 390 g/mol. The number of nitriles is 1. The number of sulfonamides is 1. The van der Waals surface area contributed by atoms with Crippen LogP contribution in [0.25, 0.3) is 0 Å². The number of rotatable bonds is 5. The molecule has 1 saturated carbocycles. The Bertz CT molecular complexity index is 721. The molecule has 1 saturated heterocycles. The molecule has 0 spiro atoms. The minimum atomic E-state index is -3.54. The number of nitrogens with zero attached hydrogens (tertiary/aromatic N) is 2. The zero-order chi connectivity index (χ0) is 16.4. The highest BCUT2D eigenvalue weighted by Crippen LogP contribution is 2.29. The predicted octanol–water partition coefficient (Wildman–Crippen LogP) is 2.79. The van der Waals surface area contributed by atoms with Crippen LogP contribution in [0.15, 0.2) is 23.1 Å². The summed E-state index contributed by atoms with van der Waals surface area (Å²) in [6.45, 7) is 2.09. The fourth-order valence-electron chi connectivity index (χ4n) is 2.85. The lowest BCUT2D eigenvalue weighted by atomic mass is 10.1. The minimum absolute atomic E-state index is 0. The SMILES string of the molecule is Cl.N#Cc1ccc(S(=O)(=O)N2CCC(NCC3CC3)CC2)cc1Cl. The second-order valence-electron chi connectivity index (χ2n) is 6.28. The van der Waals surface area contributed by atoms with Gasteiger partial charge in [-0.1, -0.05) is 11.6 Å². The fourth-order valence-corrected chi connectivity index (χ4v) is 4.64. The van der Waals surface area contributed by atoms with E-state index >= 15 is 0 Å². The van der Waals surface area contributed by atoms with E-state index in [1.807, 2.05) is 6.07 Å². The van der Waals surface area contributed by atoms with Crippen molar-refractivity contribution >= 4 is 34.0 Å². The molecule has 24 heavy (non-hydrogen) atoms. The summed E-state index contributed by atoms with van der Waals surface area (Å²) >= 11 is 5.96. The van der Waals surface area contributed by atoms with Gasteiger partial charge < -0.3 is 5.32 Å². The second-order valence-corrected chi connectivity index (χ2v) is 8.63. The molecule has 8 heteroatoms. The Labute approximate surface area is 154 Å². The van der Waals surface area contributed by atoms with Crippen molar-refractivity contribution in [3.8, 4) is 6.07 Å². The third-order valence-corrected chi connectivity index (χ3v) is 6.75. The predicted molar refractivity (Wildman–Crippen MR) is 95.9 cm³/mol. The fraction of sp³-hybridized carbons (Fsp3) is 0.562. The van der Waals surface area contributed by atoms with Gasteiger partial charge in [-0.25, -0.2) is 8.42 Å². The average Bonchev–Trinajstić information content (AvgIpc) is 3.37. The van der Waals surface area contributed by atoms with Crippen molar-refractivity contribution in [2.75, 3.05) is 19.6 Å². The summed E-state index contributed by atoms with van der Waals surface area (Å²) in [5.74, 6) is 0.831. The summed E-state index contributed by atoms with van der Waals surface area (Å²) in [6, 6.07) is 6.63. The van der Waals surface area contributed by atoms with Crippen LogP contribution in [0.1, 0.15) is 31.2 Å². The van der Waals surface area contributed by atoms with E-state index in [0.717, 1.165) is 25.3 Å². The topological polar surface area (TPSA) is 73.2 Å². The molecule has 2 fully saturated rings. The quantitative estimate of drug-likeness (QED) is 0.839. The van der Waals surface area contributed by atoms with E-state index in [1.54, 1.807) is 0 Å². The number of nitrogens with one attached hydrogen (secondary N) is 1. The Morgan fingerprint density at radius 3 is 2.46 bits per heavy atom. The van der Waals surface area contributed by atoms with Crippen LogP contribution in [0.2, 0.25) is 5.02 Å². The van der Waals surface area contributed by atoms with Crippen LogP contribution in [-0.4, -0.2) is 38.4 Å². The van der Waals surface area contributed by atoms with Crippen LogP contribution in [0.4, 0.5) is 0 Å². The lowest BCUT2D eigenvalue weighted by molar-refractivity contribution is 0.288. The summed E-state index contributed by atoms with van der Waals surface area (Å²) in [5.41, 5.74) is 0.286. The van der Waals surface area contributed by atoms with E-state index in [1.165, 1.54) is 35.3 Å². The van der Waals surface area contributed by atoms with Gasteiger partial charge in [0.2, 0.25) is 10.0 Å². The minimum Gasteiger partial charge on any atom is -0.314 e. The van der Waals surface area contributed by atoms with Gasteiger partial charge in [0.1, 0.15) is 6.07 Å². The van der Waals surface area contributed by atoms with Gasteiger partial charge in [-0.05, 0) is 56.3 Å². The van der Waals surface area contributed by atoms with Gasteiger partial charge in [-0.15, -0.1) is 12.4 Å². The Kier molecular flexibility index (Phi) is 6.52. The number of piperidine rings is 1. The van der Waals surface area contributed by atoms with Crippen molar-refractivity contribution in [2.24, 2.45) is 5.92 Å². The third kappa shape index (κ3) is 4.41. The van der Waals surface area contributed by atoms with Gasteiger partial charge in [0, 0.05) is 19.1 Å². The van der Waals surface area contributed by atoms with Crippen LogP contribution in [-0.2, 0) is 10.0 Å². The van der Waals surface area contributed by atoms with Crippen molar-refractivity contribution in [1.29, 1.82) is 5.26 Å². The van der Waals surface area contributed by atoms with Gasteiger partial charge in [0.05, 0.1) is 15.5 Å². The first-order valence-electron chi connectivity index (χ1n) is 7.94. The molecule has 0 aromatic heterocycles. The van der Waals surface area contributed by atoms with Crippen molar-refractivity contribution in [3.63, 3.8) is 0 Å². The lowest BCUT2D eigenvalue weighted by Gasteiger charge is -2.31. The van der Waals surface area contributed by atoms with E-state index < -0.39 is 10.0 Å². The van der Waals surface area contributed by atoms with Gasteiger partial charge in [0.15, 0.2) is 0 Å². The van der Waals surface area contributed by atoms with Crippen molar-refractivity contribution < 1.29 is 8.42 Å². The normalized spacial score (nSPS) is 19.5. The second kappa shape index (κ2) is 8.03. The zero-order valence-corrected chi connectivity index (χ0v) is 15.6. The molecule has 3 rings (SSSR count). The molecule has 0 atom stereocenters. The van der Waals surface area contributed by atoms with E-state index in [0.29, 0.717) is 19.1 Å². The van der Waals surface area contributed by atoms with Gasteiger partial charge in [-0.2, -0.15) is 9.57 Å². The highest BCUT2D eigenvalue weighted by molar-refractivity contribution is 7.89. The molecule has 1 N–H and O–H groups in total. The van der Waals surface area contributed by atoms with E-state index in [9.17, 15) is 8.42 Å². The third-order valence-electron chi connectivity index (χ3n) is 4.54. The molecule has 132 valence electrons. The monoisotopic (exact) mass is 389 g/mol. The number of hydrogen-bond acceptors (Lipinski definition) is 4. The highest BCUT2D eigenvalue weighted by Gasteiger charge is 2.30. The molecule has 5 nitrogen and oxygen atoms in total. The number of benzene rings is 1. The maximum atomic E-state index is 12.7. The summed E-state index contributed by atoms with van der Waals surface area (Å²) in [7, 11) is -3.54. The summed E-state index contributed by atoms with van der Waals surface area (Å²) in [4.78, 5) is 0.158. The summed E-state index contributed by atoms with van der Waals surface area (Å²) < 4.78 is 26.9. The Hall–Kier alpha value is -0.840. The van der Waals surface area contributed by atoms with E-state index in [-0.39, 0.29) is 27.9 Å². The van der Waals surface area contributed by atoms with Crippen LogP contribution in [0.5, 0.6) is 0 Å². The molecular weight excluding hydrogens is 369 g/mol. The maximum absolute atomic E-state index is 12.7. The zero-order valence-electron chi connectivity index (χ0n) is 13.2. The van der Waals surface area contributed by atoms with Crippen molar-refractivity contribution in [3.05, 3.63) is 28.8 Å². The first kappa shape index (κ1) is 19.5. The molecule has 1 aromatic rings. The van der Waals surface area contributed by atoms with Crippen molar-refractivity contribution in [1.82, 2.24) is 9.62 Å². The van der Waals surface area contributed by atoms with Crippen LogP contribution in [0.3, 0.4) is 0 Å². The van der Waals surface area contributed by atoms with E-state index in [4.69, 9.17) is 16.9 Å². The lowest BCUT2D eigenvalue weighted by Crippen LogP contribution is -2.45. The van der Waals surface area contributed by atoms with Crippen molar-refractivity contribution in [2.45, 2.75) is 36.6 Å². The molecule has 1 aliphatic carbocycles. The van der Waals surface area contributed by atoms with Gasteiger partial charge in [0.25, 0.3) is 0 Å². The molecule has 0 radical (unpaired) electrons. The molecule has 0 unspecified atom stereocenters. The highest BCUT2D eigenvalue weighted by atomic mass is 35.5. The van der Waals surface area contributed by atoms with Crippen LogP contribution < -0.4 is 5.32 Å². The Balaban J connectivity index is 0.00000208. The molecule has 1 aliphatic heterocycles. The molecule has 1 heterocycles. The standard InChI is InChI=1S/C16H20ClN3O2S.ClH/c17-16-9-15(4-3-13(16)10-18)23(21,22)20-7-5-14(6-8-20)19-11-12-1-2-12;/h3-4,9,12,14,19H,1-2,5-8,11H2;1H. The Morgan fingerprint density at radius 1 is 1.25 bits per heavy atom. The largest absolute Gasteiger partial charge is 0.314 e. The molecule has 0 amide bonds. The van der Waals surface area contributed by atoms with Crippen LogP contribution >= 0.6 is 24.0 Å². The maximum Gasteiger partial charge on any atom is 0.243 e. The number of halogens is 2. The van der Waals surface area contributed by atoms with E-state index in [2.05, 4.69) is 5.32 Å². The Morgan fingerprint density at radius 2 is 1.92 bits per heavy atom. The van der Waals surface area contributed by atoms with Gasteiger partial charge >= 0.3 is 0 Å². The number of hydrogen-bond donors (Lipinski definition) is 1. The first-order chi connectivity index (χ1) is 11.0. The summed E-state index contributed by atoms with van der Waals surface area (Å²) in [5, 5.41) is 12.6. The van der Waals surface area contributed by atoms with Gasteiger partial charge in [-0.3, -0.25) is 0 Å². The summed E-state index contributed by atoms with van der Waals surface area (Å²) in [6.07, 6.45) is 4.30.